The molecule has 1 aromatic rings. The van der Waals surface area contributed by atoms with Crippen LogP contribution in [0.1, 0.15) is 23.2 Å². The van der Waals surface area contributed by atoms with Gasteiger partial charge in [0.25, 0.3) is 0 Å². The number of hydrogen-bond donors (Lipinski definition) is 1. The quantitative estimate of drug-likeness (QED) is 0.686. The topological polar surface area (TPSA) is 29.1 Å². The fourth-order valence-corrected chi connectivity index (χ4v) is 2.09. The summed E-state index contributed by atoms with van der Waals surface area (Å²) >= 11 is 5.98. The van der Waals surface area contributed by atoms with Crippen LogP contribution in [0.2, 0.25) is 5.02 Å². The Morgan fingerprint density at radius 2 is 2.15 bits per heavy atom. The molecule has 1 N–H and O–H groups in total. The molecule has 66 valence electrons. The Labute approximate surface area is 80.9 Å². The van der Waals surface area contributed by atoms with Gasteiger partial charge in [-0.05, 0) is 25.0 Å². The van der Waals surface area contributed by atoms with E-state index in [2.05, 4.69) is 5.32 Å². The summed E-state index contributed by atoms with van der Waals surface area (Å²) in [4.78, 5) is 11.8. The average molecular weight is 194 g/mol. The van der Waals surface area contributed by atoms with E-state index in [1.54, 1.807) is 0 Å². The molecule has 0 atom stereocenters. The SMILES string of the molecule is O=C1c2cccc(Cl)c2NC12CC2. The van der Waals surface area contributed by atoms with Gasteiger partial charge in [0.1, 0.15) is 5.54 Å². The highest BCUT2D eigenvalue weighted by Crippen LogP contribution is 2.49. The fraction of sp³-hybridized carbons (Fsp3) is 0.300. The number of rotatable bonds is 0. The third-order valence-corrected chi connectivity index (χ3v) is 3.12. The minimum atomic E-state index is -0.271. The predicted octanol–water partition coefficient (Wildman–Crippen LogP) is 2.48. The van der Waals surface area contributed by atoms with E-state index in [4.69, 9.17) is 11.6 Å². The van der Waals surface area contributed by atoms with E-state index in [9.17, 15) is 4.79 Å². The Hall–Kier alpha value is -1.02. The second kappa shape index (κ2) is 2.07. The summed E-state index contributed by atoms with van der Waals surface area (Å²) in [7, 11) is 0. The number of ketones is 1. The monoisotopic (exact) mass is 193 g/mol. The van der Waals surface area contributed by atoms with Crippen LogP contribution in [0.4, 0.5) is 5.69 Å². The maximum absolute atomic E-state index is 11.8. The van der Waals surface area contributed by atoms with E-state index in [0.29, 0.717) is 5.02 Å². The lowest BCUT2D eigenvalue weighted by molar-refractivity contribution is 0.0969. The molecule has 13 heavy (non-hydrogen) atoms. The molecule has 2 nitrogen and oxygen atoms in total. The minimum Gasteiger partial charge on any atom is -0.371 e. The number of hydrogen-bond acceptors (Lipinski definition) is 2. The van der Waals surface area contributed by atoms with Crippen molar-refractivity contribution in [1.29, 1.82) is 0 Å². The van der Waals surface area contributed by atoms with Crippen LogP contribution < -0.4 is 5.32 Å². The molecule has 0 aromatic heterocycles. The number of Topliss-reactive ketones (excluding diaryl/α,β-unsaturated/α-hetero) is 1. The van der Waals surface area contributed by atoms with Crippen molar-refractivity contribution in [3.05, 3.63) is 28.8 Å². The number of benzene rings is 1. The Kier molecular flexibility index (Phi) is 1.18. The third kappa shape index (κ3) is 0.814. The van der Waals surface area contributed by atoms with E-state index in [1.807, 2.05) is 18.2 Å². The van der Waals surface area contributed by atoms with Gasteiger partial charge in [0.05, 0.1) is 10.7 Å². The summed E-state index contributed by atoms with van der Waals surface area (Å²) in [5.41, 5.74) is 1.31. The molecule has 1 fully saturated rings. The minimum absolute atomic E-state index is 0.213. The Morgan fingerprint density at radius 1 is 1.38 bits per heavy atom. The number of anilines is 1. The maximum Gasteiger partial charge on any atom is 0.190 e. The van der Waals surface area contributed by atoms with E-state index in [1.165, 1.54) is 0 Å². The van der Waals surface area contributed by atoms with Gasteiger partial charge in [-0.15, -0.1) is 0 Å². The standard InChI is InChI=1S/C10H8ClNO/c11-7-3-1-2-6-8(7)12-10(4-5-10)9(6)13/h1-3,12H,4-5H2. The van der Waals surface area contributed by atoms with Crippen LogP contribution in [0, 0.1) is 0 Å². The first-order chi connectivity index (χ1) is 6.23. The van der Waals surface area contributed by atoms with Crippen LogP contribution in [0.25, 0.3) is 0 Å². The van der Waals surface area contributed by atoms with Crippen LogP contribution >= 0.6 is 11.6 Å². The highest BCUT2D eigenvalue weighted by atomic mass is 35.5. The summed E-state index contributed by atoms with van der Waals surface area (Å²) in [5, 5.41) is 3.87. The average Bonchev–Trinajstić information content (AvgIpc) is 2.82. The van der Waals surface area contributed by atoms with Crippen LogP contribution in [0.3, 0.4) is 0 Å². The first kappa shape index (κ1) is 7.39. The Bertz CT molecular complexity index is 409. The summed E-state index contributed by atoms with van der Waals surface area (Å²) in [6.07, 6.45) is 1.88. The largest absolute Gasteiger partial charge is 0.371 e. The van der Waals surface area contributed by atoms with E-state index < -0.39 is 0 Å². The summed E-state index contributed by atoms with van der Waals surface area (Å²) in [5.74, 6) is 0.213. The molecule has 0 saturated heterocycles. The van der Waals surface area contributed by atoms with Gasteiger partial charge >= 0.3 is 0 Å². The molecule has 2 aliphatic rings. The van der Waals surface area contributed by atoms with Gasteiger partial charge < -0.3 is 5.32 Å². The van der Waals surface area contributed by atoms with Crippen molar-refractivity contribution >= 4 is 23.1 Å². The van der Waals surface area contributed by atoms with Crippen molar-refractivity contribution in [2.75, 3.05) is 5.32 Å². The normalized spacial score (nSPS) is 21.5. The van der Waals surface area contributed by atoms with Crippen LogP contribution in [0.5, 0.6) is 0 Å². The van der Waals surface area contributed by atoms with Gasteiger partial charge in [0.15, 0.2) is 5.78 Å². The molecule has 0 bridgehead atoms. The fourth-order valence-electron chi connectivity index (χ4n) is 1.87. The van der Waals surface area contributed by atoms with E-state index in [0.717, 1.165) is 24.1 Å². The molecule has 1 aliphatic heterocycles. The zero-order valence-electron chi connectivity index (χ0n) is 6.93. The van der Waals surface area contributed by atoms with Crippen molar-refractivity contribution in [1.82, 2.24) is 0 Å². The molecule has 1 aliphatic carbocycles. The van der Waals surface area contributed by atoms with Crippen molar-refractivity contribution in [3.63, 3.8) is 0 Å². The molecule has 0 amide bonds. The number of para-hydroxylation sites is 1. The Morgan fingerprint density at radius 3 is 2.77 bits per heavy atom. The zero-order valence-corrected chi connectivity index (χ0v) is 7.69. The van der Waals surface area contributed by atoms with Gasteiger partial charge in [0, 0.05) is 5.56 Å². The second-order valence-corrected chi connectivity index (χ2v) is 4.11. The molecule has 1 heterocycles. The molecule has 0 radical (unpaired) electrons. The highest BCUT2D eigenvalue weighted by Gasteiger charge is 2.55. The molecule has 0 unspecified atom stereocenters. The second-order valence-electron chi connectivity index (χ2n) is 3.70. The lowest BCUT2D eigenvalue weighted by atomic mass is 10.1. The van der Waals surface area contributed by atoms with Gasteiger partial charge in [0.2, 0.25) is 0 Å². The first-order valence-electron chi connectivity index (χ1n) is 4.34. The molecule has 1 spiro atoms. The van der Waals surface area contributed by atoms with E-state index in [-0.39, 0.29) is 11.3 Å². The molecule has 1 saturated carbocycles. The van der Waals surface area contributed by atoms with E-state index >= 15 is 0 Å². The zero-order chi connectivity index (χ0) is 9.05. The lowest BCUT2D eigenvalue weighted by Gasteiger charge is -2.05. The smallest absolute Gasteiger partial charge is 0.190 e. The number of carbonyl (C=O) groups is 1. The molecule has 3 heteroatoms. The predicted molar refractivity (Wildman–Crippen MR) is 51.4 cm³/mol. The van der Waals surface area contributed by atoms with Crippen LogP contribution in [0.15, 0.2) is 18.2 Å². The number of halogens is 1. The molecular formula is C10H8ClNO. The molecular weight excluding hydrogens is 186 g/mol. The van der Waals surface area contributed by atoms with Crippen molar-refractivity contribution in [3.8, 4) is 0 Å². The number of fused-ring (bicyclic) bond motifs is 1. The maximum atomic E-state index is 11.8. The first-order valence-corrected chi connectivity index (χ1v) is 4.72. The van der Waals surface area contributed by atoms with Crippen molar-refractivity contribution < 1.29 is 4.79 Å². The molecule has 1 aromatic carbocycles. The summed E-state index contributed by atoms with van der Waals surface area (Å²) in [6, 6.07) is 5.47. The van der Waals surface area contributed by atoms with Crippen LogP contribution in [-0.4, -0.2) is 11.3 Å². The number of nitrogens with one attached hydrogen (secondary N) is 1. The number of carbonyl (C=O) groups excluding carboxylic acids is 1. The molecule has 3 rings (SSSR count). The van der Waals surface area contributed by atoms with Crippen molar-refractivity contribution in [2.24, 2.45) is 0 Å². The van der Waals surface area contributed by atoms with Gasteiger partial charge in [-0.1, -0.05) is 17.7 Å². The lowest BCUT2D eigenvalue weighted by Crippen LogP contribution is -2.23. The Balaban J connectivity index is 2.22. The highest BCUT2D eigenvalue weighted by molar-refractivity contribution is 6.35. The summed E-state index contributed by atoms with van der Waals surface area (Å²) < 4.78 is 0. The summed E-state index contributed by atoms with van der Waals surface area (Å²) in [6.45, 7) is 0. The van der Waals surface area contributed by atoms with Crippen molar-refractivity contribution in [2.45, 2.75) is 18.4 Å². The van der Waals surface area contributed by atoms with Crippen LogP contribution in [-0.2, 0) is 0 Å². The van der Waals surface area contributed by atoms with Gasteiger partial charge in [-0.3, -0.25) is 4.79 Å². The third-order valence-electron chi connectivity index (χ3n) is 2.81. The van der Waals surface area contributed by atoms with Gasteiger partial charge in [-0.2, -0.15) is 0 Å². The van der Waals surface area contributed by atoms with Gasteiger partial charge in [-0.25, -0.2) is 0 Å².